The fourth-order valence-electron chi connectivity index (χ4n) is 1.72. The van der Waals surface area contributed by atoms with Crippen LogP contribution in [0.4, 0.5) is 24.7 Å². The van der Waals surface area contributed by atoms with E-state index in [0.717, 1.165) is 10.0 Å². The monoisotopic (exact) mass is 375 g/mol. The summed E-state index contributed by atoms with van der Waals surface area (Å²) in [6.45, 7) is 0.193. The first-order valence-electron chi connectivity index (χ1n) is 5.97. The molecule has 0 aliphatic carbocycles. The van der Waals surface area contributed by atoms with Gasteiger partial charge in [-0.1, -0.05) is 28.1 Å². The molecule has 0 unspecified atom stereocenters. The maximum atomic E-state index is 12.6. The highest BCUT2D eigenvalue weighted by atomic mass is 79.9. The van der Waals surface area contributed by atoms with Crippen LogP contribution in [0.25, 0.3) is 0 Å². The summed E-state index contributed by atoms with van der Waals surface area (Å²) in [4.78, 5) is 13.5. The Hall–Kier alpha value is -2.16. The van der Waals surface area contributed by atoms with E-state index in [1.54, 1.807) is 18.2 Å². The molecule has 1 aromatic carbocycles. The van der Waals surface area contributed by atoms with Crippen molar-refractivity contribution in [3.8, 4) is 0 Å². The first kappa shape index (κ1) is 16.2. The lowest BCUT2D eigenvalue weighted by molar-refractivity contribution is -0.384. The molecule has 116 valence electrons. The summed E-state index contributed by atoms with van der Waals surface area (Å²) >= 11 is 3.28. The molecule has 1 N–H and O–H groups in total. The number of aromatic nitrogens is 1. The normalized spacial score (nSPS) is 11.3. The zero-order chi connectivity index (χ0) is 16.3. The molecule has 0 amide bonds. The number of hydrogen-bond acceptors (Lipinski definition) is 4. The highest BCUT2D eigenvalue weighted by Crippen LogP contribution is 2.33. The summed E-state index contributed by atoms with van der Waals surface area (Å²) in [5, 5.41) is 13.6. The van der Waals surface area contributed by atoms with E-state index in [9.17, 15) is 23.3 Å². The van der Waals surface area contributed by atoms with Crippen LogP contribution < -0.4 is 5.32 Å². The molecule has 0 saturated carbocycles. The SMILES string of the molecule is O=[N+]([O-])c1cc(C(F)(F)F)cnc1NCc1cccc(Br)c1. The quantitative estimate of drug-likeness (QED) is 0.635. The maximum Gasteiger partial charge on any atom is 0.418 e. The minimum absolute atomic E-state index is 0.193. The van der Waals surface area contributed by atoms with Crippen LogP contribution in [0.15, 0.2) is 41.0 Å². The van der Waals surface area contributed by atoms with Gasteiger partial charge in [-0.15, -0.1) is 0 Å². The van der Waals surface area contributed by atoms with Gasteiger partial charge in [0.2, 0.25) is 5.82 Å². The predicted octanol–water partition coefficient (Wildman–Crippen LogP) is 4.38. The fourth-order valence-corrected chi connectivity index (χ4v) is 2.16. The molecule has 0 fully saturated rings. The third-order valence-corrected chi connectivity index (χ3v) is 3.23. The van der Waals surface area contributed by atoms with Crippen LogP contribution in [-0.2, 0) is 12.7 Å². The molecule has 0 aliphatic rings. The van der Waals surface area contributed by atoms with Gasteiger partial charge in [-0.05, 0) is 17.7 Å². The Morgan fingerprint density at radius 3 is 2.64 bits per heavy atom. The van der Waals surface area contributed by atoms with Gasteiger partial charge in [-0.3, -0.25) is 10.1 Å². The molecule has 0 aliphatic heterocycles. The third kappa shape index (κ3) is 3.94. The first-order valence-corrected chi connectivity index (χ1v) is 6.76. The van der Waals surface area contributed by atoms with Crippen LogP contribution in [-0.4, -0.2) is 9.91 Å². The van der Waals surface area contributed by atoms with Crippen molar-refractivity contribution in [2.24, 2.45) is 0 Å². The fraction of sp³-hybridized carbons (Fsp3) is 0.154. The third-order valence-electron chi connectivity index (χ3n) is 2.74. The summed E-state index contributed by atoms with van der Waals surface area (Å²) < 4.78 is 38.5. The standard InChI is InChI=1S/C13H9BrF3N3O2/c14-10-3-1-2-8(4-10)6-18-12-11(20(21)22)5-9(7-19-12)13(15,16)17/h1-5,7H,6H2,(H,18,19). The van der Waals surface area contributed by atoms with E-state index in [0.29, 0.717) is 12.3 Å². The minimum Gasteiger partial charge on any atom is -0.360 e. The number of pyridine rings is 1. The maximum absolute atomic E-state index is 12.6. The van der Waals surface area contributed by atoms with E-state index < -0.39 is 22.4 Å². The van der Waals surface area contributed by atoms with Crippen molar-refractivity contribution in [3.63, 3.8) is 0 Å². The molecular weight excluding hydrogens is 367 g/mol. The van der Waals surface area contributed by atoms with Crippen molar-refractivity contribution in [3.05, 3.63) is 62.2 Å². The van der Waals surface area contributed by atoms with Crippen molar-refractivity contribution in [2.75, 3.05) is 5.32 Å². The highest BCUT2D eigenvalue weighted by Gasteiger charge is 2.33. The van der Waals surface area contributed by atoms with Gasteiger partial charge in [-0.25, -0.2) is 4.98 Å². The summed E-state index contributed by atoms with van der Waals surface area (Å²) in [6, 6.07) is 7.60. The van der Waals surface area contributed by atoms with E-state index in [4.69, 9.17) is 0 Å². The van der Waals surface area contributed by atoms with E-state index in [-0.39, 0.29) is 12.4 Å². The van der Waals surface area contributed by atoms with Crippen LogP contribution >= 0.6 is 15.9 Å². The Morgan fingerprint density at radius 2 is 2.05 bits per heavy atom. The molecule has 0 saturated heterocycles. The Balaban J connectivity index is 2.25. The molecule has 0 radical (unpaired) electrons. The van der Waals surface area contributed by atoms with Crippen molar-refractivity contribution < 1.29 is 18.1 Å². The van der Waals surface area contributed by atoms with Crippen molar-refractivity contribution in [1.29, 1.82) is 0 Å². The van der Waals surface area contributed by atoms with Crippen LogP contribution in [0.1, 0.15) is 11.1 Å². The van der Waals surface area contributed by atoms with Crippen molar-refractivity contribution >= 4 is 27.4 Å². The molecule has 2 aromatic rings. The van der Waals surface area contributed by atoms with Gasteiger partial charge in [0.15, 0.2) is 0 Å². The Kier molecular flexibility index (Phi) is 4.65. The lowest BCUT2D eigenvalue weighted by atomic mass is 10.2. The van der Waals surface area contributed by atoms with Gasteiger partial charge in [-0.2, -0.15) is 13.2 Å². The van der Waals surface area contributed by atoms with Gasteiger partial charge in [0.05, 0.1) is 10.5 Å². The zero-order valence-corrected chi connectivity index (χ0v) is 12.5. The smallest absolute Gasteiger partial charge is 0.360 e. The molecule has 5 nitrogen and oxygen atoms in total. The van der Waals surface area contributed by atoms with E-state index in [2.05, 4.69) is 26.2 Å². The number of alkyl halides is 3. The zero-order valence-electron chi connectivity index (χ0n) is 10.9. The number of rotatable bonds is 4. The van der Waals surface area contributed by atoms with Crippen molar-refractivity contribution in [1.82, 2.24) is 4.98 Å². The number of anilines is 1. The molecule has 1 heterocycles. The number of halogens is 4. The van der Waals surface area contributed by atoms with Crippen molar-refractivity contribution in [2.45, 2.75) is 12.7 Å². The highest BCUT2D eigenvalue weighted by molar-refractivity contribution is 9.10. The largest absolute Gasteiger partial charge is 0.418 e. The molecule has 1 aromatic heterocycles. The molecule has 9 heteroatoms. The molecular formula is C13H9BrF3N3O2. The van der Waals surface area contributed by atoms with Crippen LogP contribution in [0, 0.1) is 10.1 Å². The minimum atomic E-state index is -4.68. The summed E-state index contributed by atoms with van der Waals surface area (Å²) in [5.74, 6) is -0.210. The molecule has 0 atom stereocenters. The van der Waals surface area contributed by atoms with Gasteiger partial charge >= 0.3 is 11.9 Å². The van der Waals surface area contributed by atoms with Gasteiger partial charge < -0.3 is 5.32 Å². The second kappa shape index (κ2) is 6.30. The van der Waals surface area contributed by atoms with E-state index in [1.165, 1.54) is 0 Å². The molecule has 22 heavy (non-hydrogen) atoms. The van der Waals surface area contributed by atoms with E-state index >= 15 is 0 Å². The average Bonchev–Trinajstić information content (AvgIpc) is 2.44. The summed E-state index contributed by atoms with van der Waals surface area (Å²) in [6.07, 6.45) is -4.11. The predicted molar refractivity (Wildman–Crippen MR) is 77.4 cm³/mol. The number of hydrogen-bond donors (Lipinski definition) is 1. The molecule has 0 spiro atoms. The summed E-state index contributed by atoms with van der Waals surface area (Å²) in [5.41, 5.74) is -1.08. The first-order chi connectivity index (χ1) is 10.3. The molecule has 2 rings (SSSR count). The van der Waals surface area contributed by atoms with Crippen LogP contribution in [0.3, 0.4) is 0 Å². The lowest BCUT2D eigenvalue weighted by Gasteiger charge is -2.10. The Bertz CT molecular complexity index is 707. The van der Waals surface area contributed by atoms with Gasteiger partial charge in [0.1, 0.15) is 0 Å². The second-order valence-electron chi connectivity index (χ2n) is 4.33. The summed E-state index contributed by atoms with van der Waals surface area (Å²) in [7, 11) is 0. The number of nitrogens with zero attached hydrogens (tertiary/aromatic N) is 2. The van der Waals surface area contributed by atoms with Crippen LogP contribution in [0.2, 0.25) is 0 Å². The van der Waals surface area contributed by atoms with Gasteiger partial charge in [0.25, 0.3) is 0 Å². The lowest BCUT2D eigenvalue weighted by Crippen LogP contribution is -2.10. The number of nitrogens with one attached hydrogen (secondary N) is 1. The number of benzene rings is 1. The van der Waals surface area contributed by atoms with E-state index in [1.807, 2.05) is 6.07 Å². The topological polar surface area (TPSA) is 68.1 Å². The molecule has 0 bridgehead atoms. The Morgan fingerprint density at radius 1 is 1.32 bits per heavy atom. The Labute approximate surface area is 131 Å². The van der Waals surface area contributed by atoms with Gasteiger partial charge in [0, 0.05) is 23.3 Å². The number of nitro groups is 1. The average molecular weight is 376 g/mol. The second-order valence-corrected chi connectivity index (χ2v) is 5.25. The van der Waals surface area contributed by atoms with Crippen LogP contribution in [0.5, 0.6) is 0 Å².